The maximum absolute atomic E-state index is 8.45. The largest absolute Gasteiger partial charge is 0.308 e. The molecule has 0 saturated heterocycles. The van der Waals surface area contributed by atoms with Gasteiger partial charge in [0.2, 0.25) is 0 Å². The number of hydrogen-bond donors (Lipinski definition) is 0. The van der Waals surface area contributed by atoms with Gasteiger partial charge in [0.15, 0.2) is 5.69 Å². The van der Waals surface area contributed by atoms with Crippen molar-refractivity contribution in [2.45, 2.75) is 49.4 Å². The summed E-state index contributed by atoms with van der Waals surface area (Å²) in [5.41, 5.74) is 21.5. The van der Waals surface area contributed by atoms with Crippen LogP contribution >= 0.6 is 11.6 Å². The Labute approximate surface area is 433 Å². The Kier molecular flexibility index (Phi) is 9.23. The van der Waals surface area contributed by atoms with E-state index in [1.807, 2.05) is 18.2 Å². The first-order valence-corrected chi connectivity index (χ1v) is 25.7. The minimum atomic E-state index is -0.643. The van der Waals surface area contributed by atoms with Crippen LogP contribution in [0.5, 0.6) is 0 Å². The second kappa shape index (κ2) is 15.5. The van der Waals surface area contributed by atoms with Crippen molar-refractivity contribution in [3.05, 3.63) is 314 Å². The predicted octanol–water partition coefficient (Wildman–Crippen LogP) is 18.2. The third-order valence-corrected chi connectivity index (χ3v) is 17.5. The van der Waals surface area contributed by atoms with Gasteiger partial charge in [0.05, 0.1) is 56.5 Å². The summed E-state index contributed by atoms with van der Waals surface area (Å²) >= 11 is 8.38. The Morgan fingerprint density at radius 3 is 0.904 bits per heavy atom. The zero-order valence-electron chi connectivity index (χ0n) is 41.2. The Morgan fingerprint density at radius 1 is 0.329 bits per heavy atom. The number of anilines is 6. The molecular weight excluding hydrogens is 906 g/mol. The third-order valence-electron chi connectivity index (χ3n) is 17.1. The molecule has 3 nitrogen and oxygen atoms in total. The summed E-state index contributed by atoms with van der Waals surface area (Å²) in [6.45, 7) is 17.9. The van der Waals surface area contributed by atoms with Crippen LogP contribution in [-0.4, -0.2) is 0 Å². The Morgan fingerprint density at radius 2 is 0.589 bits per heavy atom. The first kappa shape index (κ1) is 43.4. The van der Waals surface area contributed by atoms with Gasteiger partial charge in [0.1, 0.15) is 0 Å². The first-order valence-electron chi connectivity index (χ1n) is 25.3. The van der Waals surface area contributed by atoms with E-state index in [9.17, 15) is 0 Å². The molecule has 10 aromatic rings. The second-order valence-corrected chi connectivity index (χ2v) is 21.5. The summed E-state index contributed by atoms with van der Waals surface area (Å²) in [6, 6.07) is 84.4. The lowest BCUT2D eigenvalue weighted by molar-refractivity contribution is 0.556. The van der Waals surface area contributed by atoms with Crippen molar-refractivity contribution < 1.29 is 0 Å². The summed E-state index contributed by atoms with van der Waals surface area (Å²) in [6.07, 6.45) is 0. The van der Waals surface area contributed by atoms with Gasteiger partial charge in [0, 0.05) is 10.8 Å². The van der Waals surface area contributed by atoms with E-state index >= 15 is 0 Å². The van der Waals surface area contributed by atoms with Crippen LogP contribution in [0.2, 0.25) is 5.02 Å². The van der Waals surface area contributed by atoms with E-state index in [1.165, 1.54) is 66.8 Å². The topological polar surface area (TPSA) is 10.8 Å². The predicted molar refractivity (Wildman–Crippen MR) is 301 cm³/mol. The minimum absolute atomic E-state index is 0.236. The second-order valence-electron chi connectivity index (χ2n) is 21.1. The molecule has 2 aliphatic heterocycles. The fourth-order valence-electron chi connectivity index (χ4n) is 14.1. The molecule has 4 aliphatic rings. The van der Waals surface area contributed by atoms with Gasteiger partial charge in [-0.05, 0) is 114 Å². The highest BCUT2D eigenvalue weighted by atomic mass is 35.5. The molecule has 4 heteroatoms. The maximum atomic E-state index is 8.45. The molecule has 0 bridgehead atoms. The lowest BCUT2D eigenvalue weighted by Gasteiger charge is -2.53. The minimum Gasteiger partial charge on any atom is -0.308 e. The van der Waals surface area contributed by atoms with Crippen molar-refractivity contribution in [3.63, 3.8) is 0 Å². The van der Waals surface area contributed by atoms with Gasteiger partial charge in [-0.3, -0.25) is 0 Å². The molecule has 0 fully saturated rings. The van der Waals surface area contributed by atoms with Crippen molar-refractivity contribution in [1.82, 2.24) is 0 Å². The quantitative estimate of drug-likeness (QED) is 0.163. The van der Waals surface area contributed by atoms with E-state index < -0.39 is 10.8 Å². The fraction of sp³-hybridized carbons (Fsp3) is 0.116. The van der Waals surface area contributed by atoms with Crippen molar-refractivity contribution in [2.24, 2.45) is 0 Å². The van der Waals surface area contributed by atoms with Gasteiger partial charge in [-0.15, -0.1) is 0 Å². The number of para-hydroxylation sites is 5. The van der Waals surface area contributed by atoms with E-state index in [0.29, 0.717) is 10.7 Å². The summed E-state index contributed by atoms with van der Waals surface area (Å²) in [5, 5.41) is 0.598. The van der Waals surface area contributed by atoms with Gasteiger partial charge in [0.25, 0.3) is 0 Å². The average Bonchev–Trinajstić information content (AvgIpc) is 3.45. The number of benzene rings is 10. The monoisotopic (exact) mass is 955 g/mol. The molecule has 2 spiro atoms. The molecule has 2 aliphatic carbocycles. The molecule has 0 radical (unpaired) electrons. The molecule has 10 aromatic carbocycles. The molecular formula is C69H50ClN3. The number of nitrogens with zero attached hydrogens (tertiary/aromatic N) is 3. The summed E-state index contributed by atoms with van der Waals surface area (Å²) in [4.78, 5) is 8.91. The van der Waals surface area contributed by atoms with Gasteiger partial charge in [-0.1, -0.05) is 233 Å². The first-order chi connectivity index (χ1) is 35.6. The van der Waals surface area contributed by atoms with Crippen molar-refractivity contribution in [3.8, 4) is 11.1 Å². The summed E-state index contributed by atoms with van der Waals surface area (Å²) in [5.74, 6) is 0. The lowest BCUT2D eigenvalue weighted by Crippen LogP contribution is -2.45. The smallest absolute Gasteiger partial charge is 0.194 e. The highest BCUT2D eigenvalue weighted by Gasteiger charge is 2.55. The maximum Gasteiger partial charge on any atom is 0.194 e. The van der Waals surface area contributed by atoms with E-state index in [1.54, 1.807) is 0 Å². The van der Waals surface area contributed by atoms with Crippen LogP contribution in [0.3, 0.4) is 0 Å². The van der Waals surface area contributed by atoms with Crippen LogP contribution in [0, 0.1) is 6.57 Å². The molecule has 0 unspecified atom stereocenters. The van der Waals surface area contributed by atoms with Crippen LogP contribution in [0.15, 0.2) is 231 Å². The van der Waals surface area contributed by atoms with E-state index in [2.05, 4.69) is 255 Å². The average molecular weight is 957 g/mol. The SMILES string of the molecule is [C-]#[N+]c1ccccc1-c1cc(N2c3ccccc3C3(c4ccccc42)c2ccccc2C(C)(C)c2ccccc23)c(Cl)c(N2c3ccccc3C3(c4ccccc42)c2ccccc2C(C)(C)c2ccccc23)c1. The number of rotatable bonds is 3. The molecule has 14 rings (SSSR count). The molecule has 0 saturated carbocycles. The molecule has 0 aromatic heterocycles. The van der Waals surface area contributed by atoms with Crippen molar-refractivity contribution >= 4 is 51.4 Å². The molecule has 348 valence electrons. The number of fused-ring (bicyclic) bond motifs is 16. The standard InChI is InChI=1S/C69H50ClN3/c1-66(2)46-25-7-11-29-50(46)68(51-30-12-8-26-47(51)66)54-33-15-20-38-59(54)72(60-39-21-16-34-55(60)68)63-42-44(45-24-6-19-37-58(45)71-5)43-64(65(63)70)73-61-40-22-17-35-56(61)69(57-36-18-23-41-62(57)73)52-31-13-9-27-48(52)67(3,4)49-28-10-14-32-53(49)69/h6-43H,1-4H3. The van der Waals surface area contributed by atoms with E-state index in [-0.39, 0.29) is 10.8 Å². The van der Waals surface area contributed by atoms with Crippen LogP contribution in [0.1, 0.15) is 94.5 Å². The van der Waals surface area contributed by atoms with Crippen molar-refractivity contribution in [2.75, 3.05) is 9.80 Å². The Hall–Kier alpha value is -8.42. The highest BCUT2D eigenvalue weighted by molar-refractivity contribution is 6.37. The summed E-state index contributed by atoms with van der Waals surface area (Å²) in [7, 11) is 0. The summed E-state index contributed by atoms with van der Waals surface area (Å²) < 4.78 is 0. The van der Waals surface area contributed by atoms with Gasteiger partial charge in [-0.25, -0.2) is 4.85 Å². The van der Waals surface area contributed by atoms with Gasteiger partial charge >= 0.3 is 0 Å². The van der Waals surface area contributed by atoms with Crippen LogP contribution < -0.4 is 9.80 Å². The number of hydrogen-bond acceptors (Lipinski definition) is 2. The van der Waals surface area contributed by atoms with Crippen LogP contribution in [-0.2, 0) is 21.7 Å². The lowest BCUT2D eigenvalue weighted by atomic mass is 9.53. The molecule has 0 amide bonds. The van der Waals surface area contributed by atoms with E-state index in [4.69, 9.17) is 18.2 Å². The Bertz CT molecular complexity index is 3580. The van der Waals surface area contributed by atoms with Crippen molar-refractivity contribution in [1.29, 1.82) is 0 Å². The fourth-order valence-corrected chi connectivity index (χ4v) is 14.3. The third kappa shape index (κ3) is 5.54. The normalized spacial score (nSPS) is 16.1. The molecule has 0 atom stereocenters. The Balaban J connectivity index is 1.08. The number of halogens is 1. The van der Waals surface area contributed by atoms with Crippen LogP contribution in [0.4, 0.5) is 39.8 Å². The molecule has 73 heavy (non-hydrogen) atoms. The van der Waals surface area contributed by atoms with Gasteiger partial charge < -0.3 is 9.80 Å². The molecule has 2 heterocycles. The van der Waals surface area contributed by atoms with Gasteiger partial charge in [-0.2, -0.15) is 0 Å². The zero-order valence-corrected chi connectivity index (χ0v) is 41.9. The van der Waals surface area contributed by atoms with Crippen LogP contribution in [0.25, 0.3) is 16.0 Å². The molecule has 0 N–H and O–H groups in total. The van der Waals surface area contributed by atoms with E-state index in [0.717, 1.165) is 45.3 Å². The highest BCUT2D eigenvalue weighted by Crippen LogP contribution is 2.66. The zero-order chi connectivity index (χ0) is 49.4.